The van der Waals surface area contributed by atoms with Crippen LogP contribution >= 0.6 is 35.2 Å². The van der Waals surface area contributed by atoms with E-state index in [-0.39, 0.29) is 17.3 Å². The molecule has 0 atom stereocenters. The Morgan fingerprint density at radius 1 is 1.52 bits per heavy atom. The molecule has 0 unspecified atom stereocenters. The largest absolute Gasteiger partial charge is 0.495 e. The van der Waals surface area contributed by atoms with E-state index in [0.717, 1.165) is 11.3 Å². The number of aromatic nitrogens is 1. The first-order chi connectivity index (χ1) is 9.99. The molecule has 0 fully saturated rings. The van der Waals surface area contributed by atoms with Crippen LogP contribution in [0.15, 0.2) is 18.2 Å². The summed E-state index contributed by atoms with van der Waals surface area (Å²) in [7, 11) is 1.53. The number of nitrogens with two attached hydrogens (primary N) is 1. The molecule has 1 heterocycles. The summed E-state index contributed by atoms with van der Waals surface area (Å²) in [4.78, 5) is 12.1. The zero-order valence-corrected chi connectivity index (χ0v) is 13.8. The van der Waals surface area contributed by atoms with Crippen molar-refractivity contribution in [2.75, 3.05) is 19.5 Å². The number of thiazole rings is 1. The number of rotatable bonds is 4. The van der Waals surface area contributed by atoms with Crippen molar-refractivity contribution in [2.24, 2.45) is 0 Å². The van der Waals surface area contributed by atoms with Gasteiger partial charge in [0.15, 0.2) is 8.83 Å². The van der Waals surface area contributed by atoms with E-state index < -0.39 is 5.97 Å². The molecule has 0 saturated carbocycles. The fraction of sp³-hybridized carbons (Fsp3) is 0.231. The zero-order chi connectivity index (χ0) is 15.6. The van der Waals surface area contributed by atoms with Gasteiger partial charge in [-0.1, -0.05) is 22.9 Å². The maximum atomic E-state index is 11.9. The van der Waals surface area contributed by atoms with Gasteiger partial charge >= 0.3 is 5.97 Å². The number of benzene rings is 1. The molecule has 2 rings (SSSR count). The first-order valence-corrected chi connectivity index (χ1v) is 7.62. The van der Waals surface area contributed by atoms with Gasteiger partial charge in [-0.15, -0.1) is 0 Å². The Bertz CT molecular complexity index is 740. The number of carbonyl (C=O) groups excluding carboxylic acids is 1. The number of carbonyl (C=O) groups is 1. The molecular formula is C13H13ClN2O3S2. The number of hydrogen-bond donors (Lipinski definition) is 1. The van der Waals surface area contributed by atoms with E-state index in [9.17, 15) is 4.79 Å². The summed E-state index contributed by atoms with van der Waals surface area (Å²) in [5, 5.41) is 0.510. The van der Waals surface area contributed by atoms with Crippen molar-refractivity contribution in [3.63, 3.8) is 0 Å². The van der Waals surface area contributed by atoms with E-state index in [4.69, 9.17) is 39.0 Å². The monoisotopic (exact) mass is 344 g/mol. The maximum absolute atomic E-state index is 11.9. The summed E-state index contributed by atoms with van der Waals surface area (Å²) >= 11 is 12.4. The third-order valence-electron chi connectivity index (χ3n) is 2.69. The molecule has 8 heteroatoms. The molecule has 0 radical (unpaired) electrons. The molecule has 2 aromatic rings. The highest BCUT2D eigenvalue weighted by Gasteiger charge is 2.20. The summed E-state index contributed by atoms with van der Waals surface area (Å²) < 4.78 is 12.2. The van der Waals surface area contributed by atoms with Gasteiger partial charge in [-0.25, -0.2) is 4.79 Å². The summed E-state index contributed by atoms with van der Waals surface area (Å²) in [6, 6.07) is 5.08. The lowest BCUT2D eigenvalue weighted by molar-refractivity contribution is 0.0533. The molecule has 0 aliphatic carbocycles. The highest BCUT2D eigenvalue weighted by Crippen LogP contribution is 2.33. The Hall–Kier alpha value is -1.57. The molecule has 0 spiro atoms. The lowest BCUT2D eigenvalue weighted by Gasteiger charge is -2.11. The van der Waals surface area contributed by atoms with Gasteiger partial charge in [-0.05, 0) is 37.3 Å². The Morgan fingerprint density at radius 2 is 2.24 bits per heavy atom. The Morgan fingerprint density at radius 3 is 2.86 bits per heavy atom. The topological polar surface area (TPSA) is 66.5 Å². The van der Waals surface area contributed by atoms with E-state index in [2.05, 4.69) is 0 Å². The normalized spacial score (nSPS) is 10.4. The maximum Gasteiger partial charge on any atom is 0.352 e. The van der Waals surface area contributed by atoms with E-state index in [1.54, 1.807) is 29.7 Å². The third-order valence-corrected chi connectivity index (χ3v) is 4.29. The number of methoxy groups -OCH3 is 1. The van der Waals surface area contributed by atoms with Gasteiger partial charge < -0.3 is 15.2 Å². The molecule has 1 aromatic carbocycles. The molecule has 21 heavy (non-hydrogen) atoms. The Balaban J connectivity index is 2.63. The molecule has 0 saturated heterocycles. The van der Waals surface area contributed by atoms with E-state index in [1.807, 2.05) is 0 Å². The highest BCUT2D eigenvalue weighted by atomic mass is 35.5. The summed E-state index contributed by atoms with van der Waals surface area (Å²) in [6.45, 7) is 1.99. The van der Waals surface area contributed by atoms with Crippen molar-refractivity contribution in [3.8, 4) is 11.4 Å². The van der Waals surface area contributed by atoms with Crippen molar-refractivity contribution in [2.45, 2.75) is 6.92 Å². The van der Waals surface area contributed by atoms with Gasteiger partial charge in [0, 0.05) is 5.02 Å². The molecule has 112 valence electrons. The lowest BCUT2D eigenvalue weighted by Crippen LogP contribution is -2.08. The number of ether oxygens (including phenoxy) is 2. The van der Waals surface area contributed by atoms with Gasteiger partial charge in [0.05, 0.1) is 19.4 Å². The molecule has 0 amide bonds. The van der Waals surface area contributed by atoms with E-state index in [1.165, 1.54) is 7.11 Å². The van der Waals surface area contributed by atoms with Crippen LogP contribution < -0.4 is 10.5 Å². The van der Waals surface area contributed by atoms with Crippen LogP contribution in [0.5, 0.6) is 5.75 Å². The lowest BCUT2D eigenvalue weighted by atomic mass is 10.3. The van der Waals surface area contributed by atoms with Crippen LogP contribution in [0.4, 0.5) is 5.82 Å². The number of halogens is 1. The van der Waals surface area contributed by atoms with Crippen LogP contribution in [0.2, 0.25) is 5.02 Å². The van der Waals surface area contributed by atoms with Gasteiger partial charge in [-0.3, -0.25) is 4.57 Å². The quantitative estimate of drug-likeness (QED) is 0.676. The highest BCUT2D eigenvalue weighted by molar-refractivity contribution is 7.73. The summed E-state index contributed by atoms with van der Waals surface area (Å²) in [5.41, 5.74) is 6.63. The second-order valence-corrected chi connectivity index (χ2v) is 6.04. The average molecular weight is 345 g/mol. The molecular weight excluding hydrogens is 332 g/mol. The van der Waals surface area contributed by atoms with Crippen molar-refractivity contribution < 1.29 is 14.3 Å². The predicted octanol–water partition coefficient (Wildman–Crippen LogP) is 3.69. The van der Waals surface area contributed by atoms with Crippen molar-refractivity contribution in [1.82, 2.24) is 4.57 Å². The molecule has 5 nitrogen and oxygen atoms in total. The molecule has 0 aliphatic rings. The van der Waals surface area contributed by atoms with Crippen LogP contribution in [-0.4, -0.2) is 24.3 Å². The first kappa shape index (κ1) is 15.8. The van der Waals surface area contributed by atoms with Crippen LogP contribution in [0, 0.1) is 3.95 Å². The predicted molar refractivity (Wildman–Crippen MR) is 86.4 cm³/mol. The smallest absolute Gasteiger partial charge is 0.352 e. The van der Waals surface area contributed by atoms with Crippen LogP contribution in [0.1, 0.15) is 16.6 Å². The number of nitrogens with zero attached hydrogens (tertiary/aromatic N) is 1. The third kappa shape index (κ3) is 3.04. The van der Waals surface area contributed by atoms with E-state index >= 15 is 0 Å². The first-order valence-electron chi connectivity index (χ1n) is 6.02. The SMILES string of the molecule is CCOC(=O)c1sc(=S)n(-c2cc(Cl)ccc2OC)c1N. The summed E-state index contributed by atoms with van der Waals surface area (Å²) in [5.74, 6) is 0.269. The van der Waals surface area contributed by atoms with Crippen LogP contribution in [-0.2, 0) is 4.74 Å². The number of hydrogen-bond acceptors (Lipinski definition) is 6. The standard InChI is InChI=1S/C13H13ClN2O3S2/c1-3-19-12(17)10-11(15)16(13(20)21-10)8-6-7(14)4-5-9(8)18-2/h4-6H,3,15H2,1-2H3. The van der Waals surface area contributed by atoms with Gasteiger partial charge in [0.1, 0.15) is 11.6 Å². The molecule has 0 bridgehead atoms. The number of nitrogen functional groups attached to an aromatic ring is 1. The van der Waals surface area contributed by atoms with Crippen molar-refractivity contribution in [1.29, 1.82) is 0 Å². The van der Waals surface area contributed by atoms with Crippen molar-refractivity contribution in [3.05, 3.63) is 32.1 Å². The van der Waals surface area contributed by atoms with Crippen LogP contribution in [0.25, 0.3) is 5.69 Å². The van der Waals surface area contributed by atoms with E-state index in [0.29, 0.717) is 20.4 Å². The minimum absolute atomic E-state index is 0.212. The summed E-state index contributed by atoms with van der Waals surface area (Å²) in [6.07, 6.45) is 0. The minimum atomic E-state index is -0.495. The molecule has 1 aromatic heterocycles. The fourth-order valence-electron chi connectivity index (χ4n) is 1.79. The Labute approximate surface area is 135 Å². The number of esters is 1. The minimum Gasteiger partial charge on any atom is -0.495 e. The Kier molecular flexibility index (Phi) is 4.87. The second-order valence-electron chi connectivity index (χ2n) is 3.95. The number of anilines is 1. The molecule has 2 N–H and O–H groups in total. The van der Waals surface area contributed by atoms with Gasteiger partial charge in [0.2, 0.25) is 0 Å². The van der Waals surface area contributed by atoms with Crippen molar-refractivity contribution >= 4 is 46.9 Å². The average Bonchev–Trinajstić information content (AvgIpc) is 2.74. The van der Waals surface area contributed by atoms with Gasteiger partial charge in [0.25, 0.3) is 0 Å². The fourth-order valence-corrected chi connectivity index (χ4v) is 3.21. The van der Waals surface area contributed by atoms with Gasteiger partial charge in [-0.2, -0.15) is 0 Å². The second kappa shape index (κ2) is 6.46. The molecule has 0 aliphatic heterocycles. The zero-order valence-electron chi connectivity index (χ0n) is 11.4. The van der Waals surface area contributed by atoms with Crippen LogP contribution in [0.3, 0.4) is 0 Å².